The lowest BCUT2D eigenvalue weighted by Gasteiger charge is -2.09. The zero-order valence-corrected chi connectivity index (χ0v) is 16.4. The molecule has 8 nitrogen and oxygen atoms in total. The third kappa shape index (κ3) is 7.53. The van der Waals surface area contributed by atoms with E-state index in [4.69, 9.17) is 14.2 Å². The van der Waals surface area contributed by atoms with Crippen LogP contribution in [0.2, 0.25) is 0 Å². The van der Waals surface area contributed by atoms with Gasteiger partial charge in [-0.25, -0.2) is 4.79 Å². The van der Waals surface area contributed by atoms with Crippen molar-refractivity contribution < 1.29 is 28.6 Å². The number of anilines is 1. The number of carbonyl (C=O) groups is 3. The van der Waals surface area contributed by atoms with Crippen LogP contribution in [0.4, 0.5) is 5.69 Å². The van der Waals surface area contributed by atoms with Gasteiger partial charge in [-0.1, -0.05) is 6.92 Å². The molecule has 8 heteroatoms. The zero-order valence-electron chi connectivity index (χ0n) is 16.4. The van der Waals surface area contributed by atoms with Crippen molar-refractivity contribution in [3.8, 4) is 11.5 Å². The molecule has 0 aliphatic rings. The van der Waals surface area contributed by atoms with Crippen LogP contribution in [0, 0.1) is 0 Å². The first-order chi connectivity index (χ1) is 14.0. The summed E-state index contributed by atoms with van der Waals surface area (Å²) in [7, 11) is 1.56. The highest BCUT2D eigenvalue weighted by molar-refractivity contribution is 5.95. The van der Waals surface area contributed by atoms with Gasteiger partial charge in [0.2, 0.25) is 5.91 Å². The summed E-state index contributed by atoms with van der Waals surface area (Å²) in [4.78, 5) is 35.5. The van der Waals surface area contributed by atoms with E-state index in [1.54, 1.807) is 55.6 Å². The molecule has 0 aliphatic heterocycles. The maximum atomic E-state index is 11.9. The molecule has 0 fully saturated rings. The molecule has 0 saturated heterocycles. The lowest BCUT2D eigenvalue weighted by Crippen LogP contribution is -2.35. The molecule has 0 unspecified atom stereocenters. The maximum Gasteiger partial charge on any atom is 0.338 e. The molecule has 0 aliphatic carbocycles. The second kappa shape index (κ2) is 11.3. The molecule has 2 rings (SSSR count). The first-order valence-electron chi connectivity index (χ1n) is 9.12. The van der Waals surface area contributed by atoms with Crippen molar-refractivity contribution in [2.75, 3.05) is 32.2 Å². The standard InChI is InChI=1S/C21H24N2O6/c1-3-12-28-21(26)15-4-6-16(7-5-15)23-19(24)13-22-20(25)14-29-18-10-8-17(27-2)9-11-18/h4-11H,3,12-14H2,1-2H3,(H,22,25)(H,23,24). The molecule has 2 amide bonds. The van der Waals surface area contributed by atoms with Crippen LogP contribution >= 0.6 is 0 Å². The van der Waals surface area contributed by atoms with Gasteiger partial charge in [-0.2, -0.15) is 0 Å². The van der Waals surface area contributed by atoms with Crippen molar-refractivity contribution in [3.63, 3.8) is 0 Å². The highest BCUT2D eigenvalue weighted by Crippen LogP contribution is 2.16. The molecule has 0 saturated carbocycles. The van der Waals surface area contributed by atoms with Gasteiger partial charge in [-0.3, -0.25) is 9.59 Å². The minimum Gasteiger partial charge on any atom is -0.497 e. The van der Waals surface area contributed by atoms with Crippen molar-refractivity contribution in [2.24, 2.45) is 0 Å². The summed E-state index contributed by atoms with van der Waals surface area (Å²) in [6.45, 7) is 1.86. The van der Waals surface area contributed by atoms with Crippen LogP contribution in [0.1, 0.15) is 23.7 Å². The number of amides is 2. The Kier molecular flexibility index (Phi) is 8.50. The molecule has 29 heavy (non-hydrogen) atoms. The van der Waals surface area contributed by atoms with Crippen LogP contribution in [0.3, 0.4) is 0 Å². The molecule has 2 aromatic carbocycles. The number of carbonyl (C=O) groups excluding carboxylic acids is 3. The maximum absolute atomic E-state index is 11.9. The Morgan fingerprint density at radius 2 is 1.55 bits per heavy atom. The van der Waals surface area contributed by atoms with E-state index in [0.29, 0.717) is 29.4 Å². The second-order valence-electron chi connectivity index (χ2n) is 6.00. The Morgan fingerprint density at radius 3 is 2.17 bits per heavy atom. The number of rotatable bonds is 10. The van der Waals surface area contributed by atoms with E-state index in [2.05, 4.69) is 10.6 Å². The van der Waals surface area contributed by atoms with Crippen LogP contribution < -0.4 is 20.1 Å². The number of hydrogen-bond acceptors (Lipinski definition) is 6. The average Bonchev–Trinajstić information content (AvgIpc) is 2.75. The van der Waals surface area contributed by atoms with Crippen molar-refractivity contribution in [1.29, 1.82) is 0 Å². The van der Waals surface area contributed by atoms with Gasteiger partial charge in [0.1, 0.15) is 11.5 Å². The molecule has 0 heterocycles. The highest BCUT2D eigenvalue weighted by atomic mass is 16.5. The predicted octanol–water partition coefficient (Wildman–Crippen LogP) is 2.40. The van der Waals surface area contributed by atoms with Crippen LogP contribution in [0.15, 0.2) is 48.5 Å². The fourth-order valence-corrected chi connectivity index (χ4v) is 2.22. The largest absolute Gasteiger partial charge is 0.497 e. The number of nitrogens with one attached hydrogen (secondary N) is 2. The SMILES string of the molecule is CCCOC(=O)c1ccc(NC(=O)CNC(=O)COc2ccc(OC)cc2)cc1. The first kappa shape index (κ1) is 21.7. The van der Waals surface area contributed by atoms with Crippen molar-refractivity contribution in [3.05, 3.63) is 54.1 Å². The van der Waals surface area contributed by atoms with E-state index >= 15 is 0 Å². The summed E-state index contributed by atoms with van der Waals surface area (Å²) >= 11 is 0. The van der Waals surface area contributed by atoms with Gasteiger partial charge in [0.25, 0.3) is 5.91 Å². The monoisotopic (exact) mass is 400 g/mol. The quantitative estimate of drug-likeness (QED) is 0.594. The number of esters is 1. The third-order valence-electron chi connectivity index (χ3n) is 3.72. The first-order valence-corrected chi connectivity index (χ1v) is 9.12. The van der Waals surface area contributed by atoms with Crippen molar-refractivity contribution in [2.45, 2.75) is 13.3 Å². The molecule has 0 spiro atoms. The Labute approximate surface area is 169 Å². The van der Waals surface area contributed by atoms with Gasteiger partial charge >= 0.3 is 5.97 Å². The summed E-state index contributed by atoms with van der Waals surface area (Å²) in [5.74, 6) is -0.0322. The third-order valence-corrected chi connectivity index (χ3v) is 3.72. The van der Waals surface area contributed by atoms with E-state index < -0.39 is 17.8 Å². The summed E-state index contributed by atoms with van der Waals surface area (Å²) in [5.41, 5.74) is 0.909. The highest BCUT2D eigenvalue weighted by Gasteiger charge is 2.09. The number of ether oxygens (including phenoxy) is 3. The summed E-state index contributed by atoms with van der Waals surface area (Å²) in [6.07, 6.45) is 0.747. The van der Waals surface area contributed by atoms with Crippen molar-refractivity contribution >= 4 is 23.5 Å². The van der Waals surface area contributed by atoms with Crippen LogP contribution in [-0.2, 0) is 14.3 Å². The second-order valence-corrected chi connectivity index (χ2v) is 6.00. The molecule has 2 N–H and O–H groups in total. The molecule has 0 aromatic heterocycles. The molecular formula is C21H24N2O6. The van der Waals surface area contributed by atoms with Gasteiger partial charge < -0.3 is 24.8 Å². The van der Waals surface area contributed by atoms with E-state index in [0.717, 1.165) is 6.42 Å². The van der Waals surface area contributed by atoms with Gasteiger partial charge in [-0.15, -0.1) is 0 Å². The number of benzene rings is 2. The Balaban J connectivity index is 1.71. The van der Waals surface area contributed by atoms with Gasteiger partial charge in [0.05, 0.1) is 25.8 Å². The van der Waals surface area contributed by atoms with Gasteiger partial charge in [-0.05, 0) is 55.0 Å². The number of hydrogen-bond donors (Lipinski definition) is 2. The molecule has 2 aromatic rings. The van der Waals surface area contributed by atoms with Crippen LogP contribution in [0.5, 0.6) is 11.5 Å². The van der Waals surface area contributed by atoms with Gasteiger partial charge in [0, 0.05) is 5.69 Å². The summed E-state index contributed by atoms with van der Waals surface area (Å²) in [5, 5.41) is 5.11. The number of methoxy groups -OCH3 is 1. The minimum absolute atomic E-state index is 0.203. The topological polar surface area (TPSA) is 103 Å². The molecule has 154 valence electrons. The summed E-state index contributed by atoms with van der Waals surface area (Å²) in [6, 6.07) is 13.1. The summed E-state index contributed by atoms with van der Waals surface area (Å²) < 4.78 is 15.4. The van der Waals surface area contributed by atoms with Crippen LogP contribution in [0.25, 0.3) is 0 Å². The lowest BCUT2D eigenvalue weighted by molar-refractivity contribution is -0.125. The van der Waals surface area contributed by atoms with Crippen LogP contribution in [-0.4, -0.2) is 44.7 Å². The van der Waals surface area contributed by atoms with E-state index in [1.165, 1.54) is 0 Å². The zero-order chi connectivity index (χ0) is 21.1. The normalized spacial score (nSPS) is 10.0. The minimum atomic E-state index is -0.426. The van der Waals surface area contributed by atoms with E-state index in [1.807, 2.05) is 6.92 Å². The van der Waals surface area contributed by atoms with E-state index in [-0.39, 0.29) is 13.2 Å². The average molecular weight is 400 g/mol. The Bertz CT molecular complexity index is 818. The van der Waals surface area contributed by atoms with Gasteiger partial charge in [0.15, 0.2) is 6.61 Å². The lowest BCUT2D eigenvalue weighted by atomic mass is 10.2. The fourth-order valence-electron chi connectivity index (χ4n) is 2.22. The molecule has 0 atom stereocenters. The molecule has 0 bridgehead atoms. The molecular weight excluding hydrogens is 376 g/mol. The smallest absolute Gasteiger partial charge is 0.338 e. The predicted molar refractivity (Wildman–Crippen MR) is 107 cm³/mol. The fraction of sp³-hybridized carbons (Fsp3) is 0.286. The molecule has 0 radical (unpaired) electrons. The van der Waals surface area contributed by atoms with E-state index in [9.17, 15) is 14.4 Å². The Hall–Kier alpha value is -3.55. The Morgan fingerprint density at radius 1 is 0.897 bits per heavy atom. The van der Waals surface area contributed by atoms with Crippen molar-refractivity contribution in [1.82, 2.24) is 5.32 Å².